The molecule has 9 heteroatoms. The van der Waals surface area contributed by atoms with Crippen LogP contribution in [-0.4, -0.2) is 40.8 Å². The van der Waals surface area contributed by atoms with Crippen molar-refractivity contribution in [3.8, 4) is 0 Å². The van der Waals surface area contributed by atoms with Crippen LogP contribution in [0, 0.1) is 28.0 Å². The van der Waals surface area contributed by atoms with Gasteiger partial charge in [-0.2, -0.15) is 0 Å². The molecule has 0 amide bonds. The van der Waals surface area contributed by atoms with Crippen LogP contribution in [-0.2, 0) is 24.2 Å². The number of aromatic amines is 1. The summed E-state index contributed by atoms with van der Waals surface area (Å²) in [5, 5.41) is 0. The fraction of sp³-hybridized carbons (Fsp3) is 0.471. The fourth-order valence-electron chi connectivity index (χ4n) is 3.76. The monoisotopic (exact) mass is 387 g/mol. The van der Waals surface area contributed by atoms with Gasteiger partial charge in [-0.3, -0.25) is 4.90 Å². The Kier molecular flexibility index (Phi) is 4.62. The van der Waals surface area contributed by atoms with E-state index < -0.39 is 34.8 Å². The molecular formula is C17H17F4N3OS. The first-order valence-electron chi connectivity index (χ1n) is 8.39. The van der Waals surface area contributed by atoms with E-state index in [9.17, 15) is 17.6 Å². The zero-order chi connectivity index (χ0) is 18.4. The van der Waals surface area contributed by atoms with E-state index in [1.807, 2.05) is 0 Å². The average Bonchev–Trinajstić information content (AvgIpc) is 3.16. The molecule has 0 spiro atoms. The van der Waals surface area contributed by atoms with Crippen molar-refractivity contribution in [2.75, 3.05) is 26.3 Å². The molecule has 1 aromatic heterocycles. The summed E-state index contributed by atoms with van der Waals surface area (Å²) in [5.41, 5.74) is 1.16. The van der Waals surface area contributed by atoms with Crippen LogP contribution in [0.3, 0.4) is 0 Å². The Balaban J connectivity index is 1.64. The van der Waals surface area contributed by atoms with Gasteiger partial charge in [0, 0.05) is 49.4 Å². The van der Waals surface area contributed by atoms with Crippen LogP contribution in [0.4, 0.5) is 17.6 Å². The minimum atomic E-state index is -1.38. The summed E-state index contributed by atoms with van der Waals surface area (Å²) in [7, 11) is 0. The third kappa shape index (κ3) is 2.97. The standard InChI is InChI=1S/C17H17F4N3OS/c18-10-6-11(19)16(21)14(15(10)20)9-5-13-12(22-17(26)24(13)7-9)8-23-1-3-25-4-2-23/h6,9H,1-5,7-8H2,(H,22,26)/t9-/m0/s1. The minimum absolute atomic E-state index is 0.185. The second-order valence-electron chi connectivity index (χ2n) is 6.64. The number of morpholine rings is 1. The Morgan fingerprint density at radius 3 is 2.42 bits per heavy atom. The highest BCUT2D eigenvalue weighted by atomic mass is 32.1. The number of hydrogen-bond acceptors (Lipinski definition) is 3. The number of ether oxygens (including phenoxy) is 1. The molecule has 1 fully saturated rings. The molecule has 0 aliphatic carbocycles. The Hall–Kier alpha value is -1.71. The molecule has 0 unspecified atom stereocenters. The number of aromatic nitrogens is 2. The Labute approximate surface area is 152 Å². The lowest BCUT2D eigenvalue weighted by atomic mass is 9.95. The summed E-state index contributed by atoms with van der Waals surface area (Å²) in [6.45, 7) is 3.67. The van der Waals surface area contributed by atoms with Gasteiger partial charge < -0.3 is 14.3 Å². The van der Waals surface area contributed by atoms with Crippen LogP contribution >= 0.6 is 12.2 Å². The summed E-state index contributed by atoms with van der Waals surface area (Å²) in [6, 6.07) is 0.236. The number of nitrogens with zero attached hydrogens (tertiary/aromatic N) is 2. The number of benzene rings is 1. The third-order valence-electron chi connectivity index (χ3n) is 5.06. The Morgan fingerprint density at radius 1 is 1.12 bits per heavy atom. The first-order valence-corrected chi connectivity index (χ1v) is 8.80. The number of hydrogen-bond donors (Lipinski definition) is 1. The van der Waals surface area contributed by atoms with Gasteiger partial charge in [0.1, 0.15) is 0 Å². The molecule has 0 saturated carbocycles. The quantitative estimate of drug-likeness (QED) is 0.499. The molecule has 0 bridgehead atoms. The van der Waals surface area contributed by atoms with Gasteiger partial charge >= 0.3 is 0 Å². The molecule has 140 valence electrons. The van der Waals surface area contributed by atoms with Gasteiger partial charge in [0.05, 0.1) is 18.9 Å². The van der Waals surface area contributed by atoms with E-state index in [0.717, 1.165) is 24.5 Å². The summed E-state index contributed by atoms with van der Waals surface area (Å²) in [5.74, 6) is -6.12. The molecule has 0 radical (unpaired) electrons. The van der Waals surface area contributed by atoms with E-state index in [2.05, 4.69) is 9.88 Å². The molecular weight excluding hydrogens is 370 g/mol. The van der Waals surface area contributed by atoms with Crippen molar-refractivity contribution in [1.29, 1.82) is 0 Å². The van der Waals surface area contributed by atoms with Crippen molar-refractivity contribution < 1.29 is 22.3 Å². The number of nitrogens with one attached hydrogen (secondary N) is 1. The molecule has 2 aromatic rings. The fourth-order valence-corrected chi connectivity index (χ4v) is 4.06. The van der Waals surface area contributed by atoms with Crippen LogP contribution in [0.15, 0.2) is 6.07 Å². The van der Waals surface area contributed by atoms with Crippen LogP contribution in [0.1, 0.15) is 22.9 Å². The summed E-state index contributed by atoms with van der Waals surface area (Å²) < 4.78 is 63.0. The van der Waals surface area contributed by atoms with E-state index in [-0.39, 0.29) is 19.0 Å². The van der Waals surface area contributed by atoms with Gasteiger partial charge in [-0.1, -0.05) is 0 Å². The van der Waals surface area contributed by atoms with E-state index >= 15 is 0 Å². The zero-order valence-electron chi connectivity index (χ0n) is 13.8. The normalized spacial score (nSPS) is 20.5. The zero-order valence-corrected chi connectivity index (χ0v) is 14.6. The third-order valence-corrected chi connectivity index (χ3v) is 5.38. The van der Waals surface area contributed by atoms with Crippen molar-refractivity contribution in [1.82, 2.24) is 14.5 Å². The van der Waals surface area contributed by atoms with Crippen LogP contribution in [0.25, 0.3) is 0 Å². The predicted octanol–water partition coefficient (Wildman–Crippen LogP) is 3.27. The van der Waals surface area contributed by atoms with Crippen molar-refractivity contribution in [2.45, 2.75) is 25.4 Å². The highest BCUT2D eigenvalue weighted by Gasteiger charge is 2.33. The maximum absolute atomic E-state index is 14.2. The molecule has 1 atom stereocenters. The van der Waals surface area contributed by atoms with Gasteiger partial charge in [0.25, 0.3) is 0 Å². The molecule has 1 aromatic carbocycles. The summed E-state index contributed by atoms with van der Waals surface area (Å²) >= 11 is 5.32. The van der Waals surface area contributed by atoms with Gasteiger partial charge in [0.15, 0.2) is 28.0 Å². The summed E-state index contributed by atoms with van der Waals surface area (Å²) in [6.07, 6.45) is 0.267. The van der Waals surface area contributed by atoms with E-state index in [1.54, 1.807) is 4.57 Å². The number of fused-ring (bicyclic) bond motifs is 1. The molecule has 1 saturated heterocycles. The highest BCUT2D eigenvalue weighted by Crippen LogP contribution is 2.36. The lowest BCUT2D eigenvalue weighted by molar-refractivity contribution is 0.0336. The van der Waals surface area contributed by atoms with Crippen molar-refractivity contribution in [3.05, 3.63) is 51.1 Å². The topological polar surface area (TPSA) is 33.2 Å². The van der Waals surface area contributed by atoms with Gasteiger partial charge in [-0.15, -0.1) is 0 Å². The van der Waals surface area contributed by atoms with Crippen LogP contribution in [0.5, 0.6) is 0 Å². The molecule has 4 rings (SSSR count). The first kappa shape index (κ1) is 17.7. The van der Waals surface area contributed by atoms with E-state index in [1.165, 1.54) is 0 Å². The average molecular weight is 387 g/mol. The highest BCUT2D eigenvalue weighted by molar-refractivity contribution is 7.71. The van der Waals surface area contributed by atoms with Gasteiger partial charge in [-0.25, -0.2) is 17.6 Å². The molecule has 26 heavy (non-hydrogen) atoms. The number of imidazole rings is 1. The number of rotatable bonds is 3. The lowest BCUT2D eigenvalue weighted by Crippen LogP contribution is -2.36. The maximum atomic E-state index is 14.2. The largest absolute Gasteiger partial charge is 0.379 e. The molecule has 4 nitrogen and oxygen atoms in total. The first-order chi connectivity index (χ1) is 12.5. The van der Waals surface area contributed by atoms with E-state index in [0.29, 0.717) is 24.5 Å². The second-order valence-corrected chi connectivity index (χ2v) is 7.02. The van der Waals surface area contributed by atoms with Crippen molar-refractivity contribution in [2.24, 2.45) is 0 Å². The second kappa shape index (κ2) is 6.79. The SMILES string of the molecule is Fc1cc(F)c(F)c([C@H]2Cc3c(CN4CCOCC4)[nH]c(=S)n3C2)c1F. The molecule has 2 aliphatic heterocycles. The molecule has 3 heterocycles. The van der Waals surface area contributed by atoms with Crippen molar-refractivity contribution >= 4 is 12.2 Å². The molecule has 1 N–H and O–H groups in total. The van der Waals surface area contributed by atoms with E-state index in [4.69, 9.17) is 17.0 Å². The predicted molar refractivity (Wildman–Crippen MR) is 88.4 cm³/mol. The number of halogens is 4. The van der Waals surface area contributed by atoms with Crippen LogP contribution in [0.2, 0.25) is 0 Å². The van der Waals surface area contributed by atoms with Crippen molar-refractivity contribution in [3.63, 3.8) is 0 Å². The summed E-state index contributed by atoms with van der Waals surface area (Å²) in [4.78, 5) is 5.34. The van der Waals surface area contributed by atoms with Crippen LogP contribution < -0.4 is 0 Å². The smallest absolute Gasteiger partial charge is 0.177 e. The minimum Gasteiger partial charge on any atom is -0.379 e. The van der Waals surface area contributed by atoms with Gasteiger partial charge in [0.2, 0.25) is 0 Å². The Morgan fingerprint density at radius 2 is 1.77 bits per heavy atom. The molecule has 2 aliphatic rings. The maximum Gasteiger partial charge on any atom is 0.177 e. The lowest BCUT2D eigenvalue weighted by Gasteiger charge is -2.26. The number of H-pyrrole nitrogens is 1. The van der Waals surface area contributed by atoms with Gasteiger partial charge in [-0.05, 0) is 18.6 Å². The Bertz CT molecular complexity index is 878.